The van der Waals surface area contributed by atoms with Crippen LogP contribution in [0.2, 0.25) is 5.02 Å². The molecule has 0 spiro atoms. The summed E-state index contributed by atoms with van der Waals surface area (Å²) < 4.78 is 10.8. The number of anilines is 2. The Morgan fingerprint density at radius 2 is 1.63 bits per heavy atom. The second-order valence-corrected chi connectivity index (χ2v) is 9.58. The van der Waals surface area contributed by atoms with Crippen molar-refractivity contribution >= 4 is 46.7 Å². The summed E-state index contributed by atoms with van der Waals surface area (Å²) in [6, 6.07) is 11.3. The maximum absolute atomic E-state index is 12.8. The molecule has 2 aromatic rings. The van der Waals surface area contributed by atoms with E-state index >= 15 is 0 Å². The topological polar surface area (TPSA) is 93.2 Å². The number of carbonyl (C=O) groups excluding carboxylic acids is 4. The Morgan fingerprint density at radius 3 is 2.26 bits per heavy atom. The van der Waals surface area contributed by atoms with Gasteiger partial charge in [0, 0.05) is 18.0 Å². The first-order valence-electron chi connectivity index (χ1n) is 11.7. The lowest BCUT2D eigenvalue weighted by Crippen LogP contribution is -2.30. The van der Waals surface area contributed by atoms with Crippen molar-refractivity contribution in [3.8, 4) is 11.5 Å². The third-order valence-electron chi connectivity index (χ3n) is 7.04. The van der Waals surface area contributed by atoms with Crippen molar-refractivity contribution in [2.45, 2.75) is 32.1 Å². The van der Waals surface area contributed by atoms with E-state index in [1.54, 1.807) is 42.5 Å². The average Bonchev–Trinajstić information content (AvgIpc) is 3.37. The predicted molar refractivity (Wildman–Crippen MR) is 128 cm³/mol. The summed E-state index contributed by atoms with van der Waals surface area (Å²) in [6.45, 7) is 0.145. The summed E-state index contributed by atoms with van der Waals surface area (Å²) in [5.74, 6) is -1.40. The fraction of sp³-hybridized carbons (Fsp3) is 0.385. The molecule has 0 aromatic heterocycles. The number of halogens is 1. The number of hydrogen-bond acceptors (Lipinski definition) is 6. The predicted octanol–water partition coefficient (Wildman–Crippen LogP) is 3.99. The highest BCUT2D eigenvalue weighted by Gasteiger charge is 2.48. The molecule has 8 nitrogen and oxygen atoms in total. The number of esters is 1. The molecule has 2 saturated heterocycles. The van der Waals surface area contributed by atoms with E-state index in [9.17, 15) is 19.2 Å². The van der Waals surface area contributed by atoms with E-state index < -0.39 is 11.9 Å². The molecule has 0 radical (unpaired) electrons. The molecule has 3 atom stereocenters. The Labute approximate surface area is 207 Å². The van der Waals surface area contributed by atoms with E-state index in [2.05, 4.69) is 0 Å². The van der Waals surface area contributed by atoms with E-state index in [4.69, 9.17) is 21.1 Å². The number of amides is 3. The van der Waals surface area contributed by atoms with Crippen LogP contribution >= 0.6 is 11.6 Å². The molecule has 3 aliphatic rings. The van der Waals surface area contributed by atoms with Gasteiger partial charge < -0.3 is 14.4 Å². The monoisotopic (exact) mass is 496 g/mol. The Bertz CT molecular complexity index is 1170. The zero-order chi connectivity index (χ0) is 24.7. The zero-order valence-corrected chi connectivity index (χ0v) is 20.0. The normalized spacial score (nSPS) is 24.1. The molecular weight excluding hydrogens is 472 g/mol. The van der Waals surface area contributed by atoms with Gasteiger partial charge in [-0.3, -0.25) is 24.1 Å². The molecule has 3 amide bonds. The quantitative estimate of drug-likeness (QED) is 0.353. The summed E-state index contributed by atoms with van der Waals surface area (Å²) in [6.07, 6.45) is 3.44. The Morgan fingerprint density at radius 1 is 0.971 bits per heavy atom. The molecule has 1 saturated carbocycles. The Hall–Kier alpha value is -3.39. The van der Waals surface area contributed by atoms with Crippen molar-refractivity contribution in [1.82, 2.24) is 0 Å². The molecule has 35 heavy (non-hydrogen) atoms. The van der Waals surface area contributed by atoms with Gasteiger partial charge >= 0.3 is 5.97 Å². The number of rotatable bonds is 5. The SMILES string of the molecule is COc1ccc(Cl)cc1N1C[C@@H](C(=O)Oc2ccc(N3C(=O)[C@H]4CCCC[C@H]4C3=O)cc2)CC1=O. The van der Waals surface area contributed by atoms with Crippen LogP contribution < -0.4 is 19.3 Å². The van der Waals surface area contributed by atoms with Gasteiger partial charge in [0.05, 0.1) is 36.2 Å². The van der Waals surface area contributed by atoms with Crippen LogP contribution in [-0.2, 0) is 19.2 Å². The van der Waals surface area contributed by atoms with Crippen LogP contribution in [0.5, 0.6) is 11.5 Å². The van der Waals surface area contributed by atoms with Gasteiger partial charge in [-0.1, -0.05) is 24.4 Å². The Balaban J connectivity index is 1.26. The van der Waals surface area contributed by atoms with Gasteiger partial charge in [0.1, 0.15) is 11.5 Å². The highest BCUT2D eigenvalue weighted by atomic mass is 35.5. The number of ether oxygens (including phenoxy) is 2. The summed E-state index contributed by atoms with van der Waals surface area (Å²) >= 11 is 6.09. The van der Waals surface area contributed by atoms with Crippen LogP contribution in [-0.4, -0.2) is 37.3 Å². The van der Waals surface area contributed by atoms with Crippen LogP contribution in [0.15, 0.2) is 42.5 Å². The van der Waals surface area contributed by atoms with Gasteiger partial charge in [-0.05, 0) is 55.3 Å². The minimum Gasteiger partial charge on any atom is -0.495 e. The van der Waals surface area contributed by atoms with Crippen molar-refractivity contribution in [2.24, 2.45) is 17.8 Å². The number of hydrogen-bond donors (Lipinski definition) is 0. The van der Waals surface area contributed by atoms with Gasteiger partial charge in [0.25, 0.3) is 0 Å². The molecule has 2 aromatic carbocycles. The fourth-order valence-corrected chi connectivity index (χ4v) is 5.42. The van der Waals surface area contributed by atoms with Crippen LogP contribution in [0.3, 0.4) is 0 Å². The standard InChI is InChI=1S/C26H25ClN2O6/c1-34-22-11-6-16(27)13-21(22)28-14-15(12-23(28)30)26(33)35-18-9-7-17(8-10-18)29-24(31)19-4-2-3-5-20(19)25(29)32/h6-11,13,15,19-20H,2-5,12,14H2,1H3/t15-,19-,20+/m0/s1. The molecule has 3 fully saturated rings. The summed E-state index contributed by atoms with van der Waals surface area (Å²) in [7, 11) is 1.50. The van der Waals surface area contributed by atoms with Crippen molar-refractivity contribution in [3.05, 3.63) is 47.5 Å². The molecule has 5 rings (SSSR count). The highest BCUT2D eigenvalue weighted by molar-refractivity contribution is 6.31. The maximum Gasteiger partial charge on any atom is 0.316 e. The minimum absolute atomic E-state index is 0.00609. The van der Waals surface area contributed by atoms with E-state index in [0.29, 0.717) is 22.1 Å². The van der Waals surface area contributed by atoms with Crippen molar-refractivity contribution in [3.63, 3.8) is 0 Å². The molecule has 0 unspecified atom stereocenters. The van der Waals surface area contributed by atoms with E-state index in [0.717, 1.165) is 25.7 Å². The second kappa shape index (κ2) is 9.34. The lowest BCUT2D eigenvalue weighted by molar-refractivity contribution is -0.139. The first-order valence-corrected chi connectivity index (χ1v) is 12.1. The first-order chi connectivity index (χ1) is 16.9. The van der Waals surface area contributed by atoms with Crippen LogP contribution in [0.1, 0.15) is 32.1 Å². The second-order valence-electron chi connectivity index (χ2n) is 9.15. The average molecular weight is 497 g/mol. The van der Waals surface area contributed by atoms with Gasteiger partial charge in [0.2, 0.25) is 17.7 Å². The number of fused-ring (bicyclic) bond motifs is 1. The molecule has 0 bridgehead atoms. The minimum atomic E-state index is -0.657. The number of nitrogens with zero attached hydrogens (tertiary/aromatic N) is 2. The summed E-state index contributed by atoms with van der Waals surface area (Å²) in [5.41, 5.74) is 0.981. The van der Waals surface area contributed by atoms with E-state index in [1.807, 2.05) is 0 Å². The van der Waals surface area contributed by atoms with Crippen LogP contribution in [0.4, 0.5) is 11.4 Å². The molecule has 9 heteroatoms. The van der Waals surface area contributed by atoms with Crippen LogP contribution in [0, 0.1) is 17.8 Å². The lowest BCUT2D eigenvalue weighted by atomic mass is 9.81. The Kier molecular flexibility index (Phi) is 6.23. The first kappa shape index (κ1) is 23.4. The summed E-state index contributed by atoms with van der Waals surface area (Å²) in [4.78, 5) is 53.8. The zero-order valence-electron chi connectivity index (χ0n) is 19.2. The van der Waals surface area contributed by atoms with E-state index in [1.165, 1.54) is 16.9 Å². The van der Waals surface area contributed by atoms with Crippen molar-refractivity contribution in [1.29, 1.82) is 0 Å². The van der Waals surface area contributed by atoms with Crippen molar-refractivity contribution < 1.29 is 28.7 Å². The number of benzene rings is 2. The number of methoxy groups -OCH3 is 1. The molecule has 2 aliphatic heterocycles. The fourth-order valence-electron chi connectivity index (χ4n) is 5.25. The van der Waals surface area contributed by atoms with Gasteiger partial charge in [0.15, 0.2) is 0 Å². The molecular formula is C26H25ClN2O6. The van der Waals surface area contributed by atoms with Gasteiger partial charge in [-0.15, -0.1) is 0 Å². The third-order valence-corrected chi connectivity index (χ3v) is 7.28. The lowest BCUT2D eigenvalue weighted by Gasteiger charge is -2.19. The van der Waals surface area contributed by atoms with Gasteiger partial charge in [-0.2, -0.15) is 0 Å². The number of imide groups is 1. The highest BCUT2D eigenvalue weighted by Crippen LogP contribution is 2.40. The largest absolute Gasteiger partial charge is 0.495 e. The van der Waals surface area contributed by atoms with Crippen LogP contribution in [0.25, 0.3) is 0 Å². The van der Waals surface area contributed by atoms with Gasteiger partial charge in [-0.25, -0.2) is 0 Å². The summed E-state index contributed by atoms with van der Waals surface area (Å²) in [5, 5.41) is 0.453. The van der Waals surface area contributed by atoms with E-state index in [-0.39, 0.29) is 48.3 Å². The molecule has 182 valence electrons. The molecule has 0 N–H and O–H groups in total. The maximum atomic E-state index is 12.8. The third kappa shape index (κ3) is 4.27. The smallest absolute Gasteiger partial charge is 0.316 e. The molecule has 1 aliphatic carbocycles. The molecule has 2 heterocycles. The van der Waals surface area contributed by atoms with Crippen molar-refractivity contribution in [2.75, 3.05) is 23.5 Å². The number of carbonyl (C=O) groups is 4.